The van der Waals surface area contributed by atoms with Crippen LogP contribution in [0.15, 0.2) is 0 Å². The first kappa shape index (κ1) is 11.5. The van der Waals surface area contributed by atoms with Crippen LogP contribution < -0.4 is 0 Å². The normalized spacial score (nSPS) is 26.0. The standard InChI is InChI=1S/C10H19NO3/c1-8(4-5-10(13)14)11-6-2-3-9(12)7-11/h8-9,12H,2-7H2,1H3,(H,13,14)/t8?,9-/m1/s1. The molecule has 0 aromatic rings. The van der Waals surface area contributed by atoms with E-state index >= 15 is 0 Å². The summed E-state index contributed by atoms with van der Waals surface area (Å²) < 4.78 is 0. The lowest BCUT2D eigenvalue weighted by atomic mass is 10.0. The number of aliphatic hydroxyl groups is 1. The SMILES string of the molecule is CC(CCC(=O)O)N1CCC[C@@H](O)C1. The van der Waals surface area contributed by atoms with Gasteiger partial charge in [0.25, 0.3) is 0 Å². The fraction of sp³-hybridized carbons (Fsp3) is 0.900. The van der Waals surface area contributed by atoms with E-state index in [0.717, 1.165) is 19.4 Å². The first-order valence-electron chi connectivity index (χ1n) is 5.23. The topological polar surface area (TPSA) is 60.8 Å². The predicted octanol–water partition coefficient (Wildman–Crippen LogP) is 0.696. The van der Waals surface area contributed by atoms with Crippen LogP contribution in [0.1, 0.15) is 32.6 Å². The van der Waals surface area contributed by atoms with Gasteiger partial charge in [-0.1, -0.05) is 0 Å². The molecule has 0 bridgehead atoms. The van der Waals surface area contributed by atoms with E-state index in [2.05, 4.69) is 4.90 Å². The maximum Gasteiger partial charge on any atom is 0.303 e. The molecule has 0 aliphatic carbocycles. The van der Waals surface area contributed by atoms with Gasteiger partial charge in [0.1, 0.15) is 0 Å². The quantitative estimate of drug-likeness (QED) is 0.702. The van der Waals surface area contributed by atoms with E-state index in [9.17, 15) is 9.90 Å². The molecule has 4 heteroatoms. The lowest BCUT2D eigenvalue weighted by Crippen LogP contribution is -2.43. The van der Waals surface area contributed by atoms with Crippen molar-refractivity contribution < 1.29 is 15.0 Å². The van der Waals surface area contributed by atoms with Crippen molar-refractivity contribution in [2.24, 2.45) is 0 Å². The molecule has 1 aliphatic heterocycles. The van der Waals surface area contributed by atoms with Gasteiger partial charge in [-0.05, 0) is 32.7 Å². The van der Waals surface area contributed by atoms with Crippen LogP contribution in [0, 0.1) is 0 Å². The Morgan fingerprint density at radius 2 is 2.36 bits per heavy atom. The van der Waals surface area contributed by atoms with Crippen molar-refractivity contribution in [3.63, 3.8) is 0 Å². The molecule has 0 saturated carbocycles. The molecule has 82 valence electrons. The minimum atomic E-state index is -0.741. The first-order chi connectivity index (χ1) is 6.59. The minimum Gasteiger partial charge on any atom is -0.481 e. The fourth-order valence-electron chi connectivity index (χ4n) is 1.90. The molecule has 1 unspecified atom stereocenters. The van der Waals surface area contributed by atoms with Crippen LogP contribution in [0.3, 0.4) is 0 Å². The average Bonchev–Trinajstić information content (AvgIpc) is 2.14. The summed E-state index contributed by atoms with van der Waals surface area (Å²) in [6.45, 7) is 3.71. The molecule has 0 aromatic heterocycles. The number of hydrogen-bond donors (Lipinski definition) is 2. The molecule has 1 fully saturated rings. The van der Waals surface area contributed by atoms with Gasteiger partial charge >= 0.3 is 5.97 Å². The van der Waals surface area contributed by atoms with Gasteiger partial charge in [0, 0.05) is 19.0 Å². The van der Waals surface area contributed by atoms with E-state index in [0.29, 0.717) is 13.0 Å². The highest BCUT2D eigenvalue weighted by Crippen LogP contribution is 2.15. The van der Waals surface area contributed by atoms with E-state index in [1.54, 1.807) is 0 Å². The Balaban J connectivity index is 2.28. The number of carbonyl (C=O) groups is 1. The van der Waals surface area contributed by atoms with Crippen molar-refractivity contribution >= 4 is 5.97 Å². The zero-order valence-electron chi connectivity index (χ0n) is 8.65. The van der Waals surface area contributed by atoms with Crippen molar-refractivity contribution in [2.45, 2.75) is 44.8 Å². The number of β-amino-alcohol motifs (C(OH)–C–C–N with tert-alkyl or cyclic N) is 1. The molecule has 14 heavy (non-hydrogen) atoms. The highest BCUT2D eigenvalue weighted by Gasteiger charge is 2.21. The van der Waals surface area contributed by atoms with Gasteiger partial charge in [0.15, 0.2) is 0 Å². The highest BCUT2D eigenvalue weighted by atomic mass is 16.4. The number of carboxylic acids is 1. The maximum atomic E-state index is 10.4. The summed E-state index contributed by atoms with van der Waals surface area (Å²) in [5, 5.41) is 18.0. The second-order valence-corrected chi connectivity index (χ2v) is 4.07. The second-order valence-electron chi connectivity index (χ2n) is 4.07. The number of piperidine rings is 1. The summed E-state index contributed by atoms with van der Waals surface area (Å²) in [5.74, 6) is -0.741. The molecule has 1 saturated heterocycles. The zero-order chi connectivity index (χ0) is 10.6. The summed E-state index contributed by atoms with van der Waals surface area (Å²) in [5.41, 5.74) is 0. The van der Waals surface area contributed by atoms with Crippen molar-refractivity contribution in [2.75, 3.05) is 13.1 Å². The molecule has 1 rings (SSSR count). The molecule has 2 atom stereocenters. The summed E-state index contributed by atoms with van der Waals surface area (Å²) >= 11 is 0. The largest absolute Gasteiger partial charge is 0.481 e. The minimum absolute atomic E-state index is 0.216. The molecule has 0 amide bonds. The number of rotatable bonds is 4. The van der Waals surface area contributed by atoms with Gasteiger partial charge < -0.3 is 10.2 Å². The Morgan fingerprint density at radius 1 is 1.64 bits per heavy atom. The number of hydrogen-bond acceptors (Lipinski definition) is 3. The third-order valence-electron chi connectivity index (χ3n) is 2.83. The molecular weight excluding hydrogens is 182 g/mol. The Kier molecular flexibility index (Phi) is 4.35. The third-order valence-corrected chi connectivity index (χ3v) is 2.83. The van der Waals surface area contributed by atoms with Crippen LogP contribution in [0.2, 0.25) is 0 Å². The lowest BCUT2D eigenvalue weighted by molar-refractivity contribution is -0.137. The molecule has 0 radical (unpaired) electrons. The Labute approximate surface area is 84.5 Å². The van der Waals surface area contributed by atoms with Crippen LogP contribution in [-0.2, 0) is 4.79 Å². The van der Waals surface area contributed by atoms with Gasteiger partial charge in [-0.25, -0.2) is 0 Å². The molecule has 0 aromatic carbocycles. The number of carboxylic acid groups (broad SMARTS) is 1. The summed E-state index contributed by atoms with van der Waals surface area (Å²) in [6.07, 6.45) is 2.55. The monoisotopic (exact) mass is 201 g/mol. The fourth-order valence-corrected chi connectivity index (χ4v) is 1.90. The van der Waals surface area contributed by atoms with E-state index in [1.807, 2.05) is 6.92 Å². The maximum absolute atomic E-state index is 10.4. The summed E-state index contributed by atoms with van der Waals surface area (Å²) in [6, 6.07) is 0.265. The van der Waals surface area contributed by atoms with Crippen LogP contribution in [0.4, 0.5) is 0 Å². The number of aliphatic hydroxyl groups excluding tert-OH is 1. The summed E-state index contributed by atoms with van der Waals surface area (Å²) in [7, 11) is 0. The van der Waals surface area contributed by atoms with Crippen LogP contribution in [0.5, 0.6) is 0 Å². The Hall–Kier alpha value is -0.610. The average molecular weight is 201 g/mol. The van der Waals surface area contributed by atoms with Crippen LogP contribution in [-0.4, -0.2) is 46.3 Å². The number of likely N-dealkylation sites (tertiary alicyclic amines) is 1. The predicted molar refractivity (Wildman–Crippen MR) is 53.1 cm³/mol. The van der Waals surface area contributed by atoms with E-state index in [1.165, 1.54) is 0 Å². The van der Waals surface area contributed by atoms with Gasteiger partial charge in [-0.15, -0.1) is 0 Å². The number of nitrogens with zero attached hydrogens (tertiary/aromatic N) is 1. The van der Waals surface area contributed by atoms with E-state index in [4.69, 9.17) is 5.11 Å². The van der Waals surface area contributed by atoms with Crippen molar-refractivity contribution in [3.05, 3.63) is 0 Å². The molecule has 1 aliphatic rings. The van der Waals surface area contributed by atoms with Crippen molar-refractivity contribution in [3.8, 4) is 0 Å². The van der Waals surface area contributed by atoms with E-state index < -0.39 is 5.97 Å². The first-order valence-corrected chi connectivity index (χ1v) is 5.23. The Morgan fingerprint density at radius 3 is 2.93 bits per heavy atom. The second kappa shape index (κ2) is 5.32. The van der Waals surface area contributed by atoms with Gasteiger partial charge in [-0.3, -0.25) is 9.69 Å². The van der Waals surface area contributed by atoms with E-state index in [-0.39, 0.29) is 18.6 Å². The smallest absolute Gasteiger partial charge is 0.303 e. The van der Waals surface area contributed by atoms with Crippen molar-refractivity contribution in [1.29, 1.82) is 0 Å². The summed E-state index contributed by atoms with van der Waals surface area (Å²) in [4.78, 5) is 12.6. The lowest BCUT2D eigenvalue weighted by Gasteiger charge is -2.34. The number of aliphatic carboxylic acids is 1. The zero-order valence-corrected chi connectivity index (χ0v) is 8.65. The molecule has 2 N–H and O–H groups in total. The Bertz CT molecular complexity index is 196. The highest BCUT2D eigenvalue weighted by molar-refractivity contribution is 5.66. The van der Waals surface area contributed by atoms with Crippen LogP contribution >= 0.6 is 0 Å². The molecule has 0 spiro atoms. The van der Waals surface area contributed by atoms with Gasteiger partial charge in [0.2, 0.25) is 0 Å². The van der Waals surface area contributed by atoms with Gasteiger partial charge in [0.05, 0.1) is 6.10 Å². The molecular formula is C10H19NO3. The molecule has 4 nitrogen and oxygen atoms in total. The van der Waals surface area contributed by atoms with Crippen LogP contribution in [0.25, 0.3) is 0 Å². The van der Waals surface area contributed by atoms with Crippen molar-refractivity contribution in [1.82, 2.24) is 4.90 Å². The third kappa shape index (κ3) is 3.64. The molecule has 1 heterocycles. The van der Waals surface area contributed by atoms with Gasteiger partial charge in [-0.2, -0.15) is 0 Å².